The van der Waals surface area contributed by atoms with E-state index >= 15 is 0 Å². The minimum absolute atomic E-state index is 0.0112. The molecular weight excluding hydrogens is 620 g/mol. The van der Waals surface area contributed by atoms with Gasteiger partial charge >= 0.3 is 5.97 Å². The van der Waals surface area contributed by atoms with E-state index in [1.807, 2.05) is 32.9 Å². The van der Waals surface area contributed by atoms with Gasteiger partial charge < -0.3 is 25.3 Å². The maximum Gasteiger partial charge on any atom is 0.340 e. The average Bonchev–Trinajstić information content (AvgIpc) is 2.83. The van der Waals surface area contributed by atoms with Crippen LogP contribution < -0.4 is 15.8 Å². The van der Waals surface area contributed by atoms with Crippen molar-refractivity contribution < 1.29 is 28.6 Å². The number of methoxy groups -OCH3 is 1. The van der Waals surface area contributed by atoms with Gasteiger partial charge in [-0.3, -0.25) is 9.59 Å². The second-order valence-corrected chi connectivity index (χ2v) is 11.8. The lowest BCUT2D eigenvalue weighted by molar-refractivity contribution is -0.136. The van der Waals surface area contributed by atoms with E-state index in [2.05, 4.69) is 37.2 Å². The first kappa shape index (κ1) is 27.9. The van der Waals surface area contributed by atoms with Gasteiger partial charge in [0.05, 0.1) is 13.0 Å². The molecule has 2 aromatic rings. The lowest BCUT2D eigenvalue weighted by atomic mass is 9.70. The summed E-state index contributed by atoms with van der Waals surface area (Å²) in [5.41, 5.74) is 8.35. The Morgan fingerprint density at radius 2 is 1.89 bits per heavy atom. The number of rotatable bonds is 6. The number of Topliss-reactive ketones (excluding diaryl/α,β-unsaturated/α-hetero) is 1. The first-order valence-electron chi connectivity index (χ1n) is 11.9. The molecule has 0 saturated heterocycles. The van der Waals surface area contributed by atoms with E-state index in [0.29, 0.717) is 39.2 Å². The van der Waals surface area contributed by atoms with Crippen LogP contribution in [0.25, 0.3) is 0 Å². The Labute approximate surface area is 237 Å². The van der Waals surface area contributed by atoms with Crippen LogP contribution in [0.5, 0.6) is 5.75 Å². The minimum Gasteiger partial charge on any atom is -0.483 e. The molecule has 0 saturated carbocycles. The number of anilines is 1. The van der Waals surface area contributed by atoms with Gasteiger partial charge in [-0.25, -0.2) is 4.79 Å². The SMILES string of the molecule is COC(=O)C1=C(N)OC2=C(C(=O)CC(C)(C)C2)C1c1cc(Br)ccc1OCC(=O)Nc1ccc(Br)c(C)c1. The Bertz CT molecular complexity index is 1400. The zero-order valence-electron chi connectivity index (χ0n) is 21.4. The second kappa shape index (κ2) is 10.9. The van der Waals surface area contributed by atoms with Crippen molar-refractivity contribution in [2.75, 3.05) is 19.0 Å². The van der Waals surface area contributed by atoms with Gasteiger partial charge in [-0.05, 0) is 54.3 Å². The van der Waals surface area contributed by atoms with E-state index in [1.165, 1.54) is 7.11 Å². The van der Waals surface area contributed by atoms with Gasteiger partial charge in [0.15, 0.2) is 12.4 Å². The topological polar surface area (TPSA) is 117 Å². The number of esters is 1. The zero-order chi connectivity index (χ0) is 27.8. The van der Waals surface area contributed by atoms with E-state index in [0.717, 1.165) is 10.0 Å². The highest BCUT2D eigenvalue weighted by Crippen LogP contribution is 2.50. The molecule has 1 atom stereocenters. The number of aryl methyl sites for hydroxylation is 1. The number of ether oxygens (including phenoxy) is 3. The summed E-state index contributed by atoms with van der Waals surface area (Å²) in [4.78, 5) is 39.0. The van der Waals surface area contributed by atoms with Crippen molar-refractivity contribution in [2.24, 2.45) is 11.1 Å². The van der Waals surface area contributed by atoms with Crippen molar-refractivity contribution in [3.63, 3.8) is 0 Å². The number of allylic oxidation sites excluding steroid dienone is 2. The third kappa shape index (κ3) is 5.81. The van der Waals surface area contributed by atoms with Crippen LogP contribution in [0.1, 0.15) is 43.7 Å². The lowest BCUT2D eigenvalue weighted by Gasteiger charge is -2.38. The summed E-state index contributed by atoms with van der Waals surface area (Å²) in [5.74, 6) is -1.50. The lowest BCUT2D eigenvalue weighted by Crippen LogP contribution is -2.35. The number of carbonyl (C=O) groups excluding carboxylic acids is 3. The van der Waals surface area contributed by atoms with Gasteiger partial charge in [-0.15, -0.1) is 0 Å². The normalized spacial score (nSPS) is 18.5. The Hall–Kier alpha value is -3.11. The van der Waals surface area contributed by atoms with Gasteiger partial charge in [0, 0.05) is 38.6 Å². The summed E-state index contributed by atoms with van der Waals surface area (Å²) in [6.45, 7) is 5.57. The number of hydrogen-bond acceptors (Lipinski definition) is 7. The zero-order valence-corrected chi connectivity index (χ0v) is 24.6. The molecule has 10 heteroatoms. The number of carbonyl (C=O) groups is 3. The van der Waals surface area contributed by atoms with Crippen LogP contribution in [0, 0.1) is 12.3 Å². The number of ketones is 1. The first-order valence-corrected chi connectivity index (χ1v) is 13.5. The van der Waals surface area contributed by atoms with E-state index < -0.39 is 11.9 Å². The number of hydrogen-bond donors (Lipinski definition) is 2. The van der Waals surface area contributed by atoms with Gasteiger partial charge in [-0.1, -0.05) is 45.7 Å². The Morgan fingerprint density at radius 1 is 1.16 bits per heavy atom. The number of halogens is 2. The molecule has 3 N–H and O–H groups in total. The van der Waals surface area contributed by atoms with E-state index in [4.69, 9.17) is 19.9 Å². The summed E-state index contributed by atoms with van der Waals surface area (Å²) < 4.78 is 18.4. The molecule has 1 aliphatic heterocycles. The monoisotopic (exact) mass is 646 g/mol. The third-order valence-corrected chi connectivity index (χ3v) is 7.83. The predicted octanol–water partition coefficient (Wildman–Crippen LogP) is 5.64. The number of nitrogens with two attached hydrogens (primary N) is 1. The molecule has 0 bridgehead atoms. The standard InChI is InChI=1S/C28H28Br2N2O6/c1-14-9-16(6-7-18(14)30)32-22(34)13-37-20-8-5-15(29)10-17(20)23-24-19(33)11-28(2,3)12-21(24)38-26(31)25(23)27(35)36-4/h5-10,23H,11-13,31H2,1-4H3,(H,32,34). The van der Waals surface area contributed by atoms with Crippen LogP contribution in [-0.2, 0) is 23.9 Å². The fourth-order valence-corrected chi connectivity index (χ4v) is 5.37. The highest BCUT2D eigenvalue weighted by atomic mass is 79.9. The maximum absolute atomic E-state index is 13.4. The quantitative estimate of drug-likeness (QED) is 0.390. The molecule has 1 aliphatic carbocycles. The Kier molecular flexibility index (Phi) is 8.04. The summed E-state index contributed by atoms with van der Waals surface area (Å²) in [6, 6.07) is 10.6. The van der Waals surface area contributed by atoms with E-state index in [1.54, 1.807) is 24.3 Å². The molecule has 1 heterocycles. The van der Waals surface area contributed by atoms with Crippen LogP contribution in [0.3, 0.4) is 0 Å². The molecule has 2 aromatic carbocycles. The van der Waals surface area contributed by atoms with Crippen LogP contribution >= 0.6 is 31.9 Å². The molecule has 0 radical (unpaired) electrons. The summed E-state index contributed by atoms with van der Waals surface area (Å²) in [7, 11) is 1.24. The van der Waals surface area contributed by atoms with Gasteiger partial charge in [0.2, 0.25) is 5.88 Å². The molecule has 0 spiro atoms. The van der Waals surface area contributed by atoms with Crippen LogP contribution in [0.4, 0.5) is 5.69 Å². The first-order chi connectivity index (χ1) is 17.9. The van der Waals surface area contributed by atoms with Crippen LogP contribution in [0.2, 0.25) is 0 Å². The van der Waals surface area contributed by atoms with Crippen LogP contribution in [0.15, 0.2) is 68.1 Å². The Morgan fingerprint density at radius 3 is 2.58 bits per heavy atom. The molecule has 8 nitrogen and oxygen atoms in total. The van der Waals surface area contributed by atoms with Crippen LogP contribution in [-0.4, -0.2) is 31.4 Å². The predicted molar refractivity (Wildman–Crippen MR) is 149 cm³/mol. The minimum atomic E-state index is -0.889. The fraction of sp³-hybridized carbons (Fsp3) is 0.321. The highest BCUT2D eigenvalue weighted by Gasteiger charge is 2.45. The number of benzene rings is 2. The smallest absolute Gasteiger partial charge is 0.340 e. The number of amides is 1. The molecule has 0 fully saturated rings. The summed E-state index contributed by atoms with van der Waals surface area (Å²) in [5, 5.41) is 2.81. The van der Waals surface area contributed by atoms with Crippen molar-refractivity contribution >= 4 is 55.2 Å². The van der Waals surface area contributed by atoms with Crippen molar-refractivity contribution in [3.05, 3.63) is 79.3 Å². The third-order valence-electron chi connectivity index (χ3n) is 6.44. The molecule has 200 valence electrons. The van der Waals surface area contributed by atoms with Crippen molar-refractivity contribution in [3.8, 4) is 5.75 Å². The van der Waals surface area contributed by atoms with Gasteiger partial charge in [0.1, 0.15) is 17.1 Å². The molecule has 2 aliphatic rings. The maximum atomic E-state index is 13.4. The molecule has 0 aromatic heterocycles. The molecule has 38 heavy (non-hydrogen) atoms. The second-order valence-electron chi connectivity index (χ2n) is 10.1. The Balaban J connectivity index is 1.71. The van der Waals surface area contributed by atoms with E-state index in [9.17, 15) is 14.4 Å². The molecular formula is C28H28Br2N2O6. The molecule has 1 amide bonds. The van der Waals surface area contributed by atoms with Crippen molar-refractivity contribution in [2.45, 2.75) is 39.5 Å². The summed E-state index contributed by atoms with van der Waals surface area (Å²) in [6.07, 6.45) is 0.748. The summed E-state index contributed by atoms with van der Waals surface area (Å²) >= 11 is 6.92. The van der Waals surface area contributed by atoms with E-state index in [-0.39, 0.29) is 41.6 Å². The highest BCUT2D eigenvalue weighted by molar-refractivity contribution is 9.10. The van der Waals surface area contributed by atoms with Crippen molar-refractivity contribution in [1.29, 1.82) is 0 Å². The molecule has 4 rings (SSSR count). The average molecular weight is 648 g/mol. The largest absolute Gasteiger partial charge is 0.483 e. The van der Waals surface area contributed by atoms with Gasteiger partial charge in [0.25, 0.3) is 5.91 Å². The van der Waals surface area contributed by atoms with Crippen molar-refractivity contribution in [1.82, 2.24) is 0 Å². The number of nitrogens with one attached hydrogen (secondary N) is 1. The molecule has 1 unspecified atom stereocenters. The fourth-order valence-electron chi connectivity index (χ4n) is 4.74. The van der Waals surface area contributed by atoms with Gasteiger partial charge in [-0.2, -0.15) is 0 Å².